The van der Waals surface area contributed by atoms with Crippen molar-refractivity contribution in [1.82, 2.24) is 10.2 Å². The number of carbonyl (C=O) groups is 3. The molecule has 154 valence electrons. The number of hydrogen-bond acceptors (Lipinski definition) is 5. The molecule has 1 fully saturated rings. The van der Waals surface area contributed by atoms with Gasteiger partial charge in [0.2, 0.25) is 0 Å². The van der Waals surface area contributed by atoms with Gasteiger partial charge in [-0.3, -0.25) is 4.79 Å². The zero-order valence-electron chi connectivity index (χ0n) is 16.7. The molecule has 8 heteroatoms. The molecule has 1 heterocycles. The van der Waals surface area contributed by atoms with E-state index in [1.165, 1.54) is 4.90 Å². The van der Waals surface area contributed by atoms with Crippen molar-refractivity contribution >= 4 is 18.2 Å². The van der Waals surface area contributed by atoms with Crippen molar-refractivity contribution in [2.24, 2.45) is 5.41 Å². The predicted molar refractivity (Wildman–Crippen MR) is 102 cm³/mol. The summed E-state index contributed by atoms with van der Waals surface area (Å²) in [7, 11) is 0. The van der Waals surface area contributed by atoms with E-state index < -0.39 is 35.2 Å². The summed E-state index contributed by atoms with van der Waals surface area (Å²) in [5.74, 6) is -1.04. The molecule has 0 spiro atoms. The maximum Gasteiger partial charge on any atom is 0.410 e. The molecule has 0 unspecified atom stereocenters. The van der Waals surface area contributed by atoms with Crippen LogP contribution in [0.4, 0.5) is 9.59 Å². The van der Waals surface area contributed by atoms with E-state index in [1.54, 1.807) is 27.7 Å². The normalized spacial score (nSPS) is 22.3. The first-order valence-corrected chi connectivity index (χ1v) is 9.17. The molecule has 1 aromatic rings. The first-order chi connectivity index (χ1) is 13.0. The number of benzene rings is 1. The lowest BCUT2D eigenvalue weighted by molar-refractivity contribution is -0.151. The van der Waals surface area contributed by atoms with Crippen LogP contribution in [0.15, 0.2) is 30.3 Å². The van der Waals surface area contributed by atoms with Crippen LogP contribution in [0, 0.1) is 5.41 Å². The molecule has 8 nitrogen and oxygen atoms in total. The third kappa shape index (κ3) is 6.14. The fourth-order valence-corrected chi connectivity index (χ4v) is 3.10. The summed E-state index contributed by atoms with van der Waals surface area (Å²) in [6.07, 6.45) is -1.08. The Morgan fingerprint density at radius 2 is 1.89 bits per heavy atom. The van der Waals surface area contributed by atoms with Gasteiger partial charge in [-0.1, -0.05) is 30.3 Å². The van der Waals surface area contributed by atoms with Crippen LogP contribution in [0.3, 0.4) is 0 Å². The molecule has 1 aromatic carbocycles. The summed E-state index contributed by atoms with van der Waals surface area (Å²) in [4.78, 5) is 37.7. The Balaban J connectivity index is 2.04. The second-order valence-electron chi connectivity index (χ2n) is 8.33. The number of nitrogens with zero attached hydrogens (tertiary/aromatic N) is 1. The Hall–Kier alpha value is -2.77. The second kappa shape index (κ2) is 8.50. The number of carboxylic acids is 1. The molecule has 1 saturated heterocycles. The Kier molecular flexibility index (Phi) is 6.53. The number of hydrogen-bond donors (Lipinski definition) is 2. The maximum atomic E-state index is 12.5. The first-order valence-electron chi connectivity index (χ1n) is 9.17. The van der Waals surface area contributed by atoms with Crippen LogP contribution >= 0.6 is 0 Å². The molecule has 0 aliphatic carbocycles. The summed E-state index contributed by atoms with van der Waals surface area (Å²) in [6.45, 7) is 7.00. The van der Waals surface area contributed by atoms with Crippen LogP contribution in [-0.4, -0.2) is 52.9 Å². The van der Waals surface area contributed by atoms with Crippen LogP contribution in [0.2, 0.25) is 0 Å². The molecule has 0 saturated carbocycles. The SMILES string of the molecule is CC(C)(C)OC(=O)N[C@@H]1CN(C(=O)OCc2ccccc2)C[C@](C)(C(=O)O)C1. The van der Waals surface area contributed by atoms with E-state index in [0.29, 0.717) is 0 Å². The van der Waals surface area contributed by atoms with E-state index >= 15 is 0 Å². The topological polar surface area (TPSA) is 105 Å². The molecule has 28 heavy (non-hydrogen) atoms. The van der Waals surface area contributed by atoms with Gasteiger partial charge in [-0.25, -0.2) is 9.59 Å². The van der Waals surface area contributed by atoms with Crippen molar-refractivity contribution in [2.75, 3.05) is 13.1 Å². The highest BCUT2D eigenvalue weighted by molar-refractivity contribution is 5.77. The van der Waals surface area contributed by atoms with Crippen molar-refractivity contribution in [3.05, 3.63) is 35.9 Å². The molecule has 2 rings (SSSR count). The van der Waals surface area contributed by atoms with E-state index in [9.17, 15) is 19.5 Å². The molecular weight excluding hydrogens is 364 g/mol. The Bertz CT molecular complexity index is 715. The highest BCUT2D eigenvalue weighted by Gasteiger charge is 2.44. The van der Waals surface area contributed by atoms with E-state index in [2.05, 4.69) is 5.32 Å². The summed E-state index contributed by atoms with van der Waals surface area (Å²) < 4.78 is 10.6. The van der Waals surface area contributed by atoms with Crippen molar-refractivity contribution in [3.8, 4) is 0 Å². The fraction of sp³-hybridized carbons (Fsp3) is 0.550. The lowest BCUT2D eigenvalue weighted by atomic mass is 9.80. The standard InChI is InChI=1S/C20H28N2O6/c1-19(2,3)28-17(25)21-15-10-20(4,16(23)24)13-22(11-15)18(26)27-12-14-8-6-5-7-9-14/h5-9,15H,10-13H2,1-4H3,(H,21,25)(H,23,24)/t15-,20+/m0/s1. The summed E-state index contributed by atoms with van der Waals surface area (Å²) in [5.41, 5.74) is -1.05. The largest absolute Gasteiger partial charge is 0.481 e. The van der Waals surface area contributed by atoms with Crippen LogP contribution in [-0.2, 0) is 20.9 Å². The zero-order valence-corrected chi connectivity index (χ0v) is 16.7. The van der Waals surface area contributed by atoms with Crippen LogP contribution in [0.5, 0.6) is 0 Å². The van der Waals surface area contributed by atoms with E-state index in [4.69, 9.17) is 9.47 Å². The van der Waals surface area contributed by atoms with Crippen LogP contribution in [0.25, 0.3) is 0 Å². The number of nitrogens with one attached hydrogen (secondary N) is 1. The lowest BCUT2D eigenvalue weighted by Gasteiger charge is -2.41. The van der Waals surface area contributed by atoms with Gasteiger partial charge in [0.25, 0.3) is 0 Å². The van der Waals surface area contributed by atoms with Crippen molar-refractivity contribution < 1.29 is 29.0 Å². The molecule has 0 aromatic heterocycles. The quantitative estimate of drug-likeness (QED) is 0.816. The predicted octanol–water partition coefficient (Wildman–Crippen LogP) is 3.01. The van der Waals surface area contributed by atoms with Gasteiger partial charge in [-0.2, -0.15) is 0 Å². The Morgan fingerprint density at radius 3 is 2.46 bits per heavy atom. The summed E-state index contributed by atoms with van der Waals surface area (Å²) in [6, 6.07) is 8.64. The third-order valence-corrected chi connectivity index (χ3v) is 4.38. The molecule has 0 bridgehead atoms. The summed E-state index contributed by atoms with van der Waals surface area (Å²) >= 11 is 0. The van der Waals surface area contributed by atoms with E-state index in [0.717, 1.165) is 5.56 Å². The fourth-order valence-electron chi connectivity index (χ4n) is 3.10. The van der Waals surface area contributed by atoms with Gasteiger partial charge in [0.1, 0.15) is 12.2 Å². The minimum atomic E-state index is -1.20. The monoisotopic (exact) mass is 392 g/mol. The van der Waals surface area contributed by atoms with Gasteiger partial charge in [0.05, 0.1) is 11.5 Å². The number of amides is 2. The molecule has 0 radical (unpaired) electrons. The molecule has 2 atom stereocenters. The van der Waals surface area contributed by atoms with Gasteiger partial charge < -0.3 is 24.8 Å². The van der Waals surface area contributed by atoms with Gasteiger partial charge in [0, 0.05) is 13.1 Å². The van der Waals surface area contributed by atoms with Crippen LogP contribution in [0.1, 0.15) is 39.7 Å². The first kappa shape index (κ1) is 21.5. The molecule has 1 aliphatic heterocycles. The molecular formula is C20H28N2O6. The van der Waals surface area contributed by atoms with Crippen LogP contribution < -0.4 is 5.32 Å². The van der Waals surface area contributed by atoms with Crippen molar-refractivity contribution in [3.63, 3.8) is 0 Å². The minimum absolute atomic E-state index is 0.00244. The summed E-state index contributed by atoms with van der Waals surface area (Å²) in [5, 5.41) is 12.3. The lowest BCUT2D eigenvalue weighted by Crippen LogP contribution is -2.58. The number of carbonyl (C=O) groups excluding carboxylic acids is 2. The van der Waals surface area contributed by atoms with Crippen molar-refractivity contribution in [1.29, 1.82) is 0 Å². The zero-order chi connectivity index (χ0) is 20.9. The van der Waals surface area contributed by atoms with E-state index in [1.807, 2.05) is 30.3 Å². The second-order valence-corrected chi connectivity index (χ2v) is 8.33. The number of alkyl carbamates (subject to hydrolysis) is 1. The highest BCUT2D eigenvalue weighted by atomic mass is 16.6. The highest BCUT2D eigenvalue weighted by Crippen LogP contribution is 2.30. The smallest absolute Gasteiger partial charge is 0.410 e. The van der Waals surface area contributed by atoms with Gasteiger partial charge >= 0.3 is 18.2 Å². The van der Waals surface area contributed by atoms with Crippen molar-refractivity contribution in [2.45, 2.75) is 52.4 Å². The van der Waals surface area contributed by atoms with Gasteiger partial charge in [-0.15, -0.1) is 0 Å². The molecule has 1 aliphatic rings. The van der Waals surface area contributed by atoms with Gasteiger partial charge in [0.15, 0.2) is 0 Å². The Morgan fingerprint density at radius 1 is 1.25 bits per heavy atom. The number of piperidine rings is 1. The maximum absolute atomic E-state index is 12.5. The molecule has 2 amide bonds. The number of carboxylic acid groups (broad SMARTS) is 1. The number of rotatable bonds is 4. The average Bonchev–Trinajstić information content (AvgIpc) is 2.58. The van der Waals surface area contributed by atoms with Gasteiger partial charge in [-0.05, 0) is 39.7 Å². The molecule has 2 N–H and O–H groups in total. The Labute approximate surface area is 164 Å². The van der Waals surface area contributed by atoms with E-state index in [-0.39, 0.29) is 26.1 Å². The average molecular weight is 392 g/mol. The number of likely N-dealkylation sites (tertiary alicyclic amines) is 1. The number of aliphatic carboxylic acids is 1. The number of ether oxygens (including phenoxy) is 2. The third-order valence-electron chi connectivity index (χ3n) is 4.38. The minimum Gasteiger partial charge on any atom is -0.481 e.